The number of nitriles is 1. The first-order valence-electron chi connectivity index (χ1n) is 7.49. The van der Waals surface area contributed by atoms with Crippen LogP contribution in [0.15, 0.2) is 36.4 Å². The maximum Gasteiger partial charge on any atom is 0.410 e. The van der Waals surface area contributed by atoms with Crippen LogP contribution in [0.2, 0.25) is 10.0 Å². The molecule has 1 unspecified atom stereocenters. The first-order chi connectivity index (χ1) is 12.5. The van der Waals surface area contributed by atoms with E-state index >= 15 is 0 Å². The highest BCUT2D eigenvalue weighted by Crippen LogP contribution is 2.44. The van der Waals surface area contributed by atoms with Gasteiger partial charge in [0, 0.05) is 0 Å². The van der Waals surface area contributed by atoms with Gasteiger partial charge >= 0.3 is 6.18 Å². The minimum atomic E-state index is -4.85. The van der Waals surface area contributed by atoms with Gasteiger partial charge in [-0.3, -0.25) is 4.79 Å². The van der Waals surface area contributed by atoms with Crippen LogP contribution in [0.4, 0.5) is 23.2 Å². The lowest BCUT2D eigenvalue weighted by Crippen LogP contribution is -2.38. The third-order valence-corrected chi connectivity index (χ3v) is 4.55. The second-order valence-corrected chi connectivity index (χ2v) is 6.72. The molecule has 1 amide bonds. The molecule has 0 radical (unpaired) electrons. The Morgan fingerprint density at radius 2 is 1.67 bits per heavy atom. The van der Waals surface area contributed by atoms with Gasteiger partial charge in [-0.15, -0.1) is 0 Å². The molecule has 9 heteroatoms. The standard InChI is InChI=1S/C18H12Cl2F4N2O/c1-17(9-25,18(22,23)24)11-7-13(19)16(14(20)8-11)26-15(27)6-10-2-4-12(21)5-3-10/h2-5,7-8H,6H2,1H3,(H,26,27). The number of rotatable bonds is 4. The van der Waals surface area contributed by atoms with Crippen LogP contribution in [0.25, 0.3) is 0 Å². The molecule has 0 aromatic heterocycles. The van der Waals surface area contributed by atoms with E-state index in [1.54, 1.807) is 0 Å². The number of halogens is 6. The summed E-state index contributed by atoms with van der Waals surface area (Å²) in [7, 11) is 0. The molecule has 2 aromatic rings. The zero-order valence-corrected chi connectivity index (χ0v) is 15.3. The molecule has 0 aliphatic heterocycles. The van der Waals surface area contributed by atoms with E-state index in [-0.39, 0.29) is 22.2 Å². The zero-order valence-electron chi connectivity index (χ0n) is 13.8. The van der Waals surface area contributed by atoms with Gasteiger partial charge in [-0.25, -0.2) is 4.39 Å². The van der Waals surface area contributed by atoms with Gasteiger partial charge in [0.05, 0.1) is 28.2 Å². The summed E-state index contributed by atoms with van der Waals surface area (Å²) >= 11 is 12.0. The van der Waals surface area contributed by atoms with E-state index in [9.17, 15) is 22.4 Å². The lowest BCUT2D eigenvalue weighted by molar-refractivity contribution is -0.168. The quantitative estimate of drug-likeness (QED) is 0.651. The molecule has 0 fully saturated rings. The summed E-state index contributed by atoms with van der Waals surface area (Å²) in [6.45, 7) is 0.710. The van der Waals surface area contributed by atoms with Gasteiger partial charge < -0.3 is 5.32 Å². The van der Waals surface area contributed by atoms with Crippen molar-refractivity contribution >= 4 is 34.8 Å². The van der Waals surface area contributed by atoms with Crippen molar-refractivity contribution in [3.63, 3.8) is 0 Å². The van der Waals surface area contributed by atoms with Crippen LogP contribution in [0.5, 0.6) is 0 Å². The molecule has 1 atom stereocenters. The monoisotopic (exact) mass is 418 g/mol. The van der Waals surface area contributed by atoms with Crippen molar-refractivity contribution < 1.29 is 22.4 Å². The largest absolute Gasteiger partial charge is 0.410 e. The molecule has 142 valence electrons. The topological polar surface area (TPSA) is 52.9 Å². The van der Waals surface area contributed by atoms with Crippen molar-refractivity contribution in [2.45, 2.75) is 24.9 Å². The van der Waals surface area contributed by atoms with Crippen LogP contribution >= 0.6 is 23.2 Å². The number of carbonyl (C=O) groups is 1. The van der Waals surface area contributed by atoms with Crippen molar-refractivity contribution in [2.24, 2.45) is 0 Å². The maximum absolute atomic E-state index is 13.2. The molecule has 0 aliphatic carbocycles. The van der Waals surface area contributed by atoms with Crippen LogP contribution in [-0.2, 0) is 16.6 Å². The predicted octanol–water partition coefficient (Wildman–Crippen LogP) is 5.66. The maximum atomic E-state index is 13.2. The molecule has 1 N–H and O–H groups in total. The van der Waals surface area contributed by atoms with E-state index in [1.807, 2.05) is 0 Å². The number of benzene rings is 2. The highest BCUT2D eigenvalue weighted by atomic mass is 35.5. The molecule has 2 aromatic carbocycles. The average Bonchev–Trinajstić information content (AvgIpc) is 2.58. The van der Waals surface area contributed by atoms with E-state index in [0.717, 1.165) is 12.1 Å². The molecule has 27 heavy (non-hydrogen) atoms. The molecule has 0 saturated carbocycles. The Labute approximate surface area is 162 Å². The van der Waals surface area contributed by atoms with Crippen LogP contribution in [0.3, 0.4) is 0 Å². The van der Waals surface area contributed by atoms with Crippen molar-refractivity contribution in [3.05, 3.63) is 63.4 Å². The van der Waals surface area contributed by atoms with Gasteiger partial charge in [0.25, 0.3) is 0 Å². The summed E-state index contributed by atoms with van der Waals surface area (Å²) in [6.07, 6.45) is -4.96. The molecule has 3 nitrogen and oxygen atoms in total. The number of anilines is 1. The summed E-state index contributed by atoms with van der Waals surface area (Å²) in [5.74, 6) is -0.997. The lowest BCUT2D eigenvalue weighted by Gasteiger charge is -2.26. The van der Waals surface area contributed by atoms with Gasteiger partial charge in [-0.1, -0.05) is 35.3 Å². The van der Waals surface area contributed by atoms with Crippen LogP contribution < -0.4 is 5.32 Å². The summed E-state index contributed by atoms with van der Waals surface area (Å²) in [5.41, 5.74) is -2.80. The molecule has 0 aliphatic rings. The Morgan fingerprint density at radius 3 is 2.11 bits per heavy atom. The van der Waals surface area contributed by atoms with Gasteiger partial charge in [0.15, 0.2) is 5.41 Å². The number of hydrogen-bond donors (Lipinski definition) is 1. The minimum absolute atomic E-state index is 0.0725. The van der Waals surface area contributed by atoms with Crippen molar-refractivity contribution in [2.75, 3.05) is 5.32 Å². The van der Waals surface area contributed by atoms with Gasteiger partial charge in [0.1, 0.15) is 5.82 Å². The van der Waals surface area contributed by atoms with Gasteiger partial charge in [-0.05, 0) is 42.3 Å². The first-order valence-corrected chi connectivity index (χ1v) is 8.25. The zero-order chi connectivity index (χ0) is 20.4. The Hall–Kier alpha value is -2.30. The van der Waals surface area contributed by atoms with Crippen LogP contribution in [0, 0.1) is 17.1 Å². The number of carbonyl (C=O) groups excluding carboxylic acids is 1. The average molecular weight is 419 g/mol. The minimum Gasteiger partial charge on any atom is -0.323 e. The van der Waals surface area contributed by atoms with Crippen molar-refractivity contribution in [3.8, 4) is 6.07 Å². The summed E-state index contributed by atoms with van der Waals surface area (Å²) in [5, 5.41) is 10.9. The predicted molar refractivity (Wildman–Crippen MR) is 94.2 cm³/mol. The molecule has 0 heterocycles. The van der Waals surface area contributed by atoms with E-state index in [2.05, 4.69) is 5.32 Å². The molecular formula is C18H12Cl2F4N2O. The fraction of sp³-hybridized carbons (Fsp3) is 0.222. The van der Waals surface area contributed by atoms with Gasteiger partial charge in [-0.2, -0.15) is 18.4 Å². The summed E-state index contributed by atoms with van der Waals surface area (Å²) in [4.78, 5) is 12.1. The fourth-order valence-electron chi connectivity index (χ4n) is 2.24. The highest BCUT2D eigenvalue weighted by molar-refractivity contribution is 6.40. The number of amides is 1. The molecular weight excluding hydrogens is 407 g/mol. The Morgan fingerprint density at radius 1 is 1.15 bits per heavy atom. The summed E-state index contributed by atoms with van der Waals surface area (Å²) < 4.78 is 52.6. The molecule has 0 spiro atoms. The third kappa shape index (κ3) is 4.52. The summed E-state index contributed by atoms with van der Waals surface area (Å²) in [6, 6.07) is 8.33. The highest BCUT2D eigenvalue weighted by Gasteiger charge is 2.53. The number of hydrogen-bond acceptors (Lipinski definition) is 2. The lowest BCUT2D eigenvalue weighted by atomic mass is 9.83. The number of nitrogens with one attached hydrogen (secondary N) is 1. The smallest absolute Gasteiger partial charge is 0.323 e. The van der Waals surface area contributed by atoms with Crippen LogP contribution in [-0.4, -0.2) is 12.1 Å². The first kappa shape index (κ1) is 21.0. The second-order valence-electron chi connectivity index (χ2n) is 5.90. The fourth-order valence-corrected chi connectivity index (χ4v) is 2.83. The third-order valence-electron chi connectivity index (χ3n) is 3.95. The van der Waals surface area contributed by atoms with E-state index in [4.69, 9.17) is 28.5 Å². The normalized spacial score (nSPS) is 13.6. The van der Waals surface area contributed by atoms with Crippen molar-refractivity contribution in [1.29, 1.82) is 5.26 Å². The van der Waals surface area contributed by atoms with E-state index < -0.39 is 28.9 Å². The molecule has 2 rings (SSSR count). The molecule has 0 bridgehead atoms. The number of nitrogens with zero attached hydrogens (tertiary/aromatic N) is 1. The molecule has 0 saturated heterocycles. The second kappa shape index (κ2) is 7.75. The Kier molecular flexibility index (Phi) is 6.03. The van der Waals surface area contributed by atoms with E-state index in [0.29, 0.717) is 12.5 Å². The number of alkyl halides is 3. The van der Waals surface area contributed by atoms with Crippen LogP contribution in [0.1, 0.15) is 18.1 Å². The van der Waals surface area contributed by atoms with Crippen molar-refractivity contribution in [1.82, 2.24) is 0 Å². The van der Waals surface area contributed by atoms with Gasteiger partial charge in [0.2, 0.25) is 5.91 Å². The Bertz CT molecular complexity index is 884. The van der Waals surface area contributed by atoms with E-state index in [1.165, 1.54) is 30.3 Å². The SMILES string of the molecule is CC(C#N)(c1cc(Cl)c(NC(=O)Cc2ccc(F)cc2)c(Cl)c1)C(F)(F)F. The Balaban J connectivity index is 2.28.